The van der Waals surface area contributed by atoms with Crippen molar-refractivity contribution in [1.82, 2.24) is 0 Å². The van der Waals surface area contributed by atoms with Crippen LogP contribution >= 0.6 is 0 Å². The number of benzene rings is 2. The maximum absolute atomic E-state index is 11.3. The highest BCUT2D eigenvalue weighted by molar-refractivity contribution is 6.07. The van der Waals surface area contributed by atoms with E-state index in [2.05, 4.69) is 11.9 Å². The summed E-state index contributed by atoms with van der Waals surface area (Å²) in [5, 5.41) is 11.1. The lowest BCUT2D eigenvalue weighted by Gasteiger charge is -2.37. The average Bonchev–Trinajstić information content (AvgIpc) is 2.35. The molecule has 0 aromatic heterocycles. The number of carbonyl (C=O) groups is 1. The molecule has 1 saturated carbocycles. The van der Waals surface area contributed by atoms with E-state index in [1.165, 1.54) is 19.3 Å². The largest absolute Gasteiger partial charge is 0.478 e. The number of nitrogens with zero attached hydrogens (tertiary/aromatic N) is 1. The van der Waals surface area contributed by atoms with Crippen molar-refractivity contribution in [3.05, 3.63) is 42.0 Å². The van der Waals surface area contributed by atoms with E-state index in [0.717, 1.165) is 16.5 Å². The van der Waals surface area contributed by atoms with Crippen molar-refractivity contribution >= 4 is 22.4 Å². The van der Waals surface area contributed by atoms with E-state index < -0.39 is 5.97 Å². The van der Waals surface area contributed by atoms with Crippen LogP contribution in [0.25, 0.3) is 10.8 Å². The Kier molecular flexibility index (Phi) is 2.90. The third-order valence-electron chi connectivity index (χ3n) is 4.13. The molecule has 3 nitrogen and oxygen atoms in total. The second kappa shape index (κ2) is 4.57. The Balaban J connectivity index is 2.15. The van der Waals surface area contributed by atoms with Crippen molar-refractivity contribution < 1.29 is 9.90 Å². The number of rotatable bonds is 3. The summed E-state index contributed by atoms with van der Waals surface area (Å²) in [6.45, 7) is 0. The number of aromatic carboxylic acids is 1. The Hall–Kier alpha value is -2.03. The van der Waals surface area contributed by atoms with E-state index >= 15 is 0 Å². The molecule has 1 fully saturated rings. The van der Waals surface area contributed by atoms with Gasteiger partial charge in [0.15, 0.2) is 0 Å². The molecule has 0 radical (unpaired) electrons. The van der Waals surface area contributed by atoms with Crippen LogP contribution in [0.15, 0.2) is 36.4 Å². The van der Waals surface area contributed by atoms with Gasteiger partial charge >= 0.3 is 5.97 Å². The molecular formula is C16H17NO2. The lowest BCUT2D eigenvalue weighted by molar-refractivity contribution is 0.0699. The first-order valence-corrected chi connectivity index (χ1v) is 6.66. The number of carboxylic acid groups (broad SMARTS) is 1. The van der Waals surface area contributed by atoms with Gasteiger partial charge in [-0.2, -0.15) is 0 Å². The first-order valence-electron chi connectivity index (χ1n) is 6.66. The van der Waals surface area contributed by atoms with Gasteiger partial charge in [0.1, 0.15) is 0 Å². The van der Waals surface area contributed by atoms with Crippen LogP contribution in [-0.2, 0) is 0 Å². The fourth-order valence-corrected chi connectivity index (χ4v) is 2.75. The van der Waals surface area contributed by atoms with Crippen LogP contribution in [0, 0.1) is 0 Å². The quantitative estimate of drug-likeness (QED) is 0.912. The number of anilines is 1. The molecule has 3 rings (SSSR count). The van der Waals surface area contributed by atoms with Gasteiger partial charge in [-0.3, -0.25) is 0 Å². The molecule has 1 aliphatic carbocycles. The molecule has 2 aromatic rings. The van der Waals surface area contributed by atoms with Gasteiger partial charge < -0.3 is 10.0 Å². The van der Waals surface area contributed by atoms with Gasteiger partial charge in [-0.25, -0.2) is 4.79 Å². The van der Waals surface area contributed by atoms with Crippen LogP contribution in [0.2, 0.25) is 0 Å². The molecule has 0 bridgehead atoms. The van der Waals surface area contributed by atoms with E-state index in [0.29, 0.717) is 11.6 Å². The Morgan fingerprint density at radius 2 is 1.84 bits per heavy atom. The van der Waals surface area contributed by atoms with Gasteiger partial charge in [0.05, 0.1) is 5.56 Å². The minimum Gasteiger partial charge on any atom is -0.478 e. The van der Waals surface area contributed by atoms with Crippen LogP contribution in [0.1, 0.15) is 29.6 Å². The maximum atomic E-state index is 11.3. The molecule has 2 aromatic carbocycles. The molecule has 3 heteroatoms. The minimum atomic E-state index is -0.867. The van der Waals surface area contributed by atoms with Crippen LogP contribution < -0.4 is 4.90 Å². The number of hydrogen-bond acceptors (Lipinski definition) is 2. The molecule has 1 aliphatic rings. The summed E-state index contributed by atoms with van der Waals surface area (Å²) in [7, 11) is 2.10. The Bertz CT molecular complexity index is 632. The van der Waals surface area contributed by atoms with Gasteiger partial charge in [-0.15, -0.1) is 0 Å². The second-order valence-electron chi connectivity index (χ2n) is 5.18. The summed E-state index contributed by atoms with van der Waals surface area (Å²) in [6, 6.07) is 12.0. The maximum Gasteiger partial charge on any atom is 0.336 e. The highest BCUT2D eigenvalue weighted by Gasteiger charge is 2.24. The Morgan fingerprint density at radius 3 is 2.42 bits per heavy atom. The van der Waals surface area contributed by atoms with E-state index in [1.807, 2.05) is 30.3 Å². The molecule has 0 aliphatic heterocycles. The summed E-state index contributed by atoms with van der Waals surface area (Å²) < 4.78 is 0. The SMILES string of the molecule is CN(c1ccc(C(=O)O)c2ccccc12)C1CCC1. The number of hydrogen-bond donors (Lipinski definition) is 1. The smallest absolute Gasteiger partial charge is 0.336 e. The zero-order chi connectivity index (χ0) is 13.4. The van der Waals surface area contributed by atoms with Crippen molar-refractivity contribution in [3.8, 4) is 0 Å². The van der Waals surface area contributed by atoms with Crippen molar-refractivity contribution in [2.75, 3.05) is 11.9 Å². The number of carboxylic acids is 1. The zero-order valence-electron chi connectivity index (χ0n) is 11.0. The van der Waals surface area contributed by atoms with Crippen molar-refractivity contribution in [3.63, 3.8) is 0 Å². The lowest BCUT2D eigenvalue weighted by atomic mass is 9.90. The molecule has 19 heavy (non-hydrogen) atoms. The topological polar surface area (TPSA) is 40.5 Å². The standard InChI is InChI=1S/C16H17NO2/c1-17(11-5-4-6-11)15-10-9-14(16(18)19)12-7-2-3-8-13(12)15/h2-3,7-11H,4-6H2,1H3,(H,18,19). The van der Waals surface area contributed by atoms with Gasteiger partial charge in [-0.1, -0.05) is 24.3 Å². The predicted octanol–water partition coefficient (Wildman–Crippen LogP) is 3.53. The highest BCUT2D eigenvalue weighted by Crippen LogP contribution is 2.34. The second-order valence-corrected chi connectivity index (χ2v) is 5.18. The van der Waals surface area contributed by atoms with E-state index in [1.54, 1.807) is 6.07 Å². The lowest BCUT2D eigenvalue weighted by Crippen LogP contribution is -2.37. The van der Waals surface area contributed by atoms with Gasteiger partial charge in [0, 0.05) is 24.2 Å². The first kappa shape index (κ1) is 12.0. The summed E-state index contributed by atoms with van der Waals surface area (Å²) >= 11 is 0. The predicted molar refractivity (Wildman–Crippen MR) is 76.9 cm³/mol. The molecule has 0 spiro atoms. The molecule has 0 unspecified atom stereocenters. The van der Waals surface area contributed by atoms with Gasteiger partial charge in [0.25, 0.3) is 0 Å². The summed E-state index contributed by atoms with van der Waals surface area (Å²) in [6.07, 6.45) is 3.75. The fourth-order valence-electron chi connectivity index (χ4n) is 2.75. The molecule has 98 valence electrons. The minimum absolute atomic E-state index is 0.376. The van der Waals surface area contributed by atoms with E-state index in [9.17, 15) is 9.90 Å². The third-order valence-corrected chi connectivity index (χ3v) is 4.13. The van der Waals surface area contributed by atoms with Crippen LogP contribution in [0.3, 0.4) is 0 Å². The monoisotopic (exact) mass is 255 g/mol. The van der Waals surface area contributed by atoms with Crippen molar-refractivity contribution in [2.45, 2.75) is 25.3 Å². The fraction of sp³-hybridized carbons (Fsp3) is 0.312. The molecule has 1 N–H and O–H groups in total. The summed E-state index contributed by atoms with van der Waals surface area (Å²) in [4.78, 5) is 13.6. The van der Waals surface area contributed by atoms with E-state index in [4.69, 9.17) is 0 Å². The normalized spacial score (nSPS) is 15.2. The molecule has 0 heterocycles. The van der Waals surface area contributed by atoms with Gasteiger partial charge in [-0.05, 0) is 36.8 Å². The zero-order valence-corrected chi connectivity index (χ0v) is 11.0. The molecule has 0 amide bonds. The van der Waals surface area contributed by atoms with Crippen molar-refractivity contribution in [1.29, 1.82) is 0 Å². The molecule has 0 atom stereocenters. The Morgan fingerprint density at radius 1 is 1.16 bits per heavy atom. The third kappa shape index (κ3) is 1.95. The van der Waals surface area contributed by atoms with Crippen LogP contribution in [0.4, 0.5) is 5.69 Å². The molecule has 0 saturated heterocycles. The van der Waals surface area contributed by atoms with Crippen molar-refractivity contribution in [2.24, 2.45) is 0 Å². The van der Waals surface area contributed by atoms with Gasteiger partial charge in [0.2, 0.25) is 0 Å². The summed E-state index contributed by atoms with van der Waals surface area (Å²) in [5.74, 6) is -0.867. The van der Waals surface area contributed by atoms with Crippen LogP contribution in [-0.4, -0.2) is 24.2 Å². The highest BCUT2D eigenvalue weighted by atomic mass is 16.4. The Labute approximate surface area is 112 Å². The number of fused-ring (bicyclic) bond motifs is 1. The van der Waals surface area contributed by atoms with Crippen LogP contribution in [0.5, 0.6) is 0 Å². The first-order chi connectivity index (χ1) is 9.18. The van der Waals surface area contributed by atoms with E-state index in [-0.39, 0.29) is 0 Å². The molecular weight excluding hydrogens is 238 g/mol. The average molecular weight is 255 g/mol. The summed E-state index contributed by atoms with van der Waals surface area (Å²) in [5.41, 5.74) is 1.51.